The summed E-state index contributed by atoms with van der Waals surface area (Å²) < 4.78 is 0. The second-order valence-corrected chi connectivity index (χ2v) is 4.40. The fraction of sp³-hybridized carbons (Fsp3) is 0.462. The minimum Gasteiger partial charge on any atom is -0.341 e. The predicted molar refractivity (Wildman–Crippen MR) is 64.1 cm³/mol. The van der Waals surface area contributed by atoms with E-state index in [1.165, 1.54) is 11.1 Å². The lowest BCUT2D eigenvalue weighted by Gasteiger charge is -2.16. The maximum atomic E-state index is 11.6. The highest BCUT2D eigenvalue weighted by atomic mass is 16.2. The topological polar surface area (TPSA) is 46.3 Å². The quantitative estimate of drug-likeness (QED) is 0.825. The molecule has 0 aliphatic carbocycles. The molecular weight excluding hydrogens is 200 g/mol. The molecule has 1 unspecified atom stereocenters. The van der Waals surface area contributed by atoms with Crippen molar-refractivity contribution in [3.8, 4) is 0 Å². The number of likely N-dealkylation sites (tertiary alicyclic amines) is 1. The molecular formula is C13H18N2O. The van der Waals surface area contributed by atoms with Crippen molar-refractivity contribution >= 4 is 5.91 Å². The Kier molecular flexibility index (Phi) is 3.25. The van der Waals surface area contributed by atoms with Gasteiger partial charge in [0.1, 0.15) is 0 Å². The Morgan fingerprint density at radius 1 is 1.44 bits per heavy atom. The van der Waals surface area contributed by atoms with Gasteiger partial charge in [-0.1, -0.05) is 24.3 Å². The summed E-state index contributed by atoms with van der Waals surface area (Å²) >= 11 is 0. The number of carbonyl (C=O) groups excluding carboxylic acids is 1. The molecule has 1 amide bonds. The van der Waals surface area contributed by atoms with E-state index in [2.05, 4.69) is 19.1 Å². The zero-order chi connectivity index (χ0) is 11.5. The molecule has 1 aliphatic heterocycles. The van der Waals surface area contributed by atoms with Gasteiger partial charge in [-0.15, -0.1) is 0 Å². The normalized spacial score (nSPS) is 20.5. The van der Waals surface area contributed by atoms with E-state index < -0.39 is 0 Å². The molecule has 0 spiro atoms. The SMILES string of the molecule is Cc1ccccc1CCN1CCC(N)C1=O. The highest BCUT2D eigenvalue weighted by Crippen LogP contribution is 2.12. The van der Waals surface area contributed by atoms with Crippen molar-refractivity contribution in [3.63, 3.8) is 0 Å². The molecule has 0 bridgehead atoms. The molecule has 1 heterocycles. The highest BCUT2D eigenvalue weighted by molar-refractivity contribution is 5.83. The van der Waals surface area contributed by atoms with Crippen LogP contribution in [0.5, 0.6) is 0 Å². The van der Waals surface area contributed by atoms with Crippen LogP contribution >= 0.6 is 0 Å². The van der Waals surface area contributed by atoms with Gasteiger partial charge in [-0.05, 0) is 30.9 Å². The Balaban J connectivity index is 1.93. The zero-order valence-electron chi connectivity index (χ0n) is 9.65. The van der Waals surface area contributed by atoms with E-state index in [0.29, 0.717) is 0 Å². The third-order valence-corrected chi connectivity index (χ3v) is 3.25. The van der Waals surface area contributed by atoms with Gasteiger partial charge in [0.2, 0.25) is 5.91 Å². The van der Waals surface area contributed by atoms with E-state index in [4.69, 9.17) is 5.73 Å². The Labute approximate surface area is 96.2 Å². The highest BCUT2D eigenvalue weighted by Gasteiger charge is 2.27. The van der Waals surface area contributed by atoms with Crippen LogP contribution in [0.15, 0.2) is 24.3 Å². The Hall–Kier alpha value is -1.35. The van der Waals surface area contributed by atoms with Gasteiger partial charge >= 0.3 is 0 Å². The standard InChI is InChI=1S/C13H18N2O/c1-10-4-2-3-5-11(10)6-8-15-9-7-12(14)13(15)16/h2-5,12H,6-9,14H2,1H3. The van der Waals surface area contributed by atoms with Gasteiger partial charge < -0.3 is 10.6 Å². The molecule has 3 heteroatoms. The van der Waals surface area contributed by atoms with Crippen LogP contribution in [-0.4, -0.2) is 29.9 Å². The van der Waals surface area contributed by atoms with Crippen molar-refractivity contribution in [2.24, 2.45) is 5.73 Å². The van der Waals surface area contributed by atoms with Crippen molar-refractivity contribution < 1.29 is 4.79 Å². The maximum Gasteiger partial charge on any atom is 0.239 e. The summed E-state index contributed by atoms with van der Waals surface area (Å²) in [5.74, 6) is 0.105. The summed E-state index contributed by atoms with van der Waals surface area (Å²) in [4.78, 5) is 13.5. The Morgan fingerprint density at radius 3 is 2.81 bits per heavy atom. The van der Waals surface area contributed by atoms with E-state index in [-0.39, 0.29) is 11.9 Å². The largest absolute Gasteiger partial charge is 0.341 e. The van der Waals surface area contributed by atoms with Crippen LogP contribution in [0.4, 0.5) is 0 Å². The number of amides is 1. The molecule has 1 aromatic rings. The number of carbonyl (C=O) groups is 1. The molecule has 1 saturated heterocycles. The van der Waals surface area contributed by atoms with Gasteiger partial charge in [0.25, 0.3) is 0 Å². The molecule has 1 atom stereocenters. The molecule has 16 heavy (non-hydrogen) atoms. The maximum absolute atomic E-state index is 11.6. The summed E-state index contributed by atoms with van der Waals surface area (Å²) in [6.07, 6.45) is 1.72. The van der Waals surface area contributed by atoms with E-state index in [1.54, 1.807) is 0 Å². The van der Waals surface area contributed by atoms with E-state index in [0.717, 1.165) is 25.9 Å². The summed E-state index contributed by atoms with van der Waals surface area (Å²) in [5, 5.41) is 0. The molecule has 1 fully saturated rings. The van der Waals surface area contributed by atoms with Crippen molar-refractivity contribution in [2.45, 2.75) is 25.8 Å². The van der Waals surface area contributed by atoms with Crippen molar-refractivity contribution in [1.82, 2.24) is 4.90 Å². The van der Waals surface area contributed by atoms with Crippen molar-refractivity contribution in [3.05, 3.63) is 35.4 Å². The molecule has 1 aromatic carbocycles. The average molecular weight is 218 g/mol. The zero-order valence-corrected chi connectivity index (χ0v) is 9.65. The second kappa shape index (κ2) is 4.66. The van der Waals surface area contributed by atoms with Gasteiger partial charge in [-0.3, -0.25) is 4.79 Å². The number of nitrogens with zero attached hydrogens (tertiary/aromatic N) is 1. The number of hydrogen-bond donors (Lipinski definition) is 1. The van der Waals surface area contributed by atoms with Crippen LogP contribution in [0, 0.1) is 6.92 Å². The van der Waals surface area contributed by atoms with E-state index in [1.807, 2.05) is 17.0 Å². The summed E-state index contributed by atoms with van der Waals surface area (Å²) in [6, 6.07) is 8.04. The minimum atomic E-state index is -0.267. The van der Waals surface area contributed by atoms with Gasteiger partial charge in [-0.25, -0.2) is 0 Å². The van der Waals surface area contributed by atoms with E-state index >= 15 is 0 Å². The van der Waals surface area contributed by atoms with Crippen LogP contribution in [0.25, 0.3) is 0 Å². The number of rotatable bonds is 3. The van der Waals surface area contributed by atoms with Crippen LogP contribution in [0.3, 0.4) is 0 Å². The molecule has 3 nitrogen and oxygen atoms in total. The monoisotopic (exact) mass is 218 g/mol. The Bertz CT molecular complexity index is 389. The van der Waals surface area contributed by atoms with Crippen LogP contribution in [0.2, 0.25) is 0 Å². The van der Waals surface area contributed by atoms with Crippen molar-refractivity contribution in [2.75, 3.05) is 13.1 Å². The van der Waals surface area contributed by atoms with Crippen molar-refractivity contribution in [1.29, 1.82) is 0 Å². The molecule has 0 aromatic heterocycles. The molecule has 0 radical (unpaired) electrons. The fourth-order valence-corrected chi connectivity index (χ4v) is 2.13. The van der Waals surface area contributed by atoms with Gasteiger partial charge in [0, 0.05) is 13.1 Å². The number of benzene rings is 1. The third-order valence-electron chi connectivity index (χ3n) is 3.25. The average Bonchev–Trinajstić information content (AvgIpc) is 2.59. The lowest BCUT2D eigenvalue weighted by Crippen LogP contribution is -2.35. The third kappa shape index (κ3) is 2.25. The first-order valence-electron chi connectivity index (χ1n) is 5.77. The van der Waals surface area contributed by atoms with E-state index in [9.17, 15) is 4.79 Å². The van der Waals surface area contributed by atoms with Crippen LogP contribution < -0.4 is 5.73 Å². The number of aryl methyl sites for hydroxylation is 1. The minimum absolute atomic E-state index is 0.105. The fourth-order valence-electron chi connectivity index (χ4n) is 2.13. The van der Waals surface area contributed by atoms with Crippen LogP contribution in [0.1, 0.15) is 17.5 Å². The predicted octanol–water partition coefficient (Wildman–Crippen LogP) is 1.10. The summed E-state index contributed by atoms with van der Waals surface area (Å²) in [6.45, 7) is 3.70. The molecule has 0 saturated carbocycles. The molecule has 2 rings (SSSR count). The summed E-state index contributed by atoms with van der Waals surface area (Å²) in [5.41, 5.74) is 8.28. The lowest BCUT2D eigenvalue weighted by molar-refractivity contribution is -0.128. The van der Waals surface area contributed by atoms with Gasteiger partial charge in [0.15, 0.2) is 0 Å². The first-order chi connectivity index (χ1) is 7.68. The second-order valence-electron chi connectivity index (χ2n) is 4.40. The molecule has 86 valence electrons. The summed E-state index contributed by atoms with van der Waals surface area (Å²) in [7, 11) is 0. The lowest BCUT2D eigenvalue weighted by atomic mass is 10.1. The first kappa shape index (κ1) is 11.1. The smallest absolute Gasteiger partial charge is 0.239 e. The number of nitrogens with two attached hydrogens (primary N) is 1. The first-order valence-corrected chi connectivity index (χ1v) is 5.77. The van der Waals surface area contributed by atoms with Gasteiger partial charge in [-0.2, -0.15) is 0 Å². The Morgan fingerprint density at radius 2 is 2.19 bits per heavy atom. The van der Waals surface area contributed by atoms with Gasteiger partial charge in [0.05, 0.1) is 6.04 Å². The van der Waals surface area contributed by atoms with Crippen LogP contribution in [-0.2, 0) is 11.2 Å². The molecule has 2 N–H and O–H groups in total. The number of hydrogen-bond acceptors (Lipinski definition) is 2. The molecule has 1 aliphatic rings.